The number of nitrogens with zero attached hydrogens (tertiary/aromatic N) is 4. The smallest absolute Gasteiger partial charge is 0.146 e. The number of fused-ring (bicyclic) bond motifs is 1. The lowest BCUT2D eigenvalue weighted by molar-refractivity contribution is 0.00695. The second-order valence-corrected chi connectivity index (χ2v) is 9.73. The van der Waals surface area contributed by atoms with E-state index in [0.717, 1.165) is 49.0 Å². The Morgan fingerprint density at radius 2 is 1.73 bits per heavy atom. The lowest BCUT2D eigenvalue weighted by atomic mass is 10.1. The van der Waals surface area contributed by atoms with Crippen LogP contribution in [0.1, 0.15) is 24.4 Å². The summed E-state index contributed by atoms with van der Waals surface area (Å²) in [4.78, 5) is 12.8. The molecule has 4 atom stereocenters. The number of aliphatic hydroxyl groups excluding tert-OH is 2. The van der Waals surface area contributed by atoms with Crippen molar-refractivity contribution in [3.8, 4) is 11.1 Å². The topological polar surface area (TPSA) is 134 Å². The highest BCUT2D eigenvalue weighted by Gasteiger charge is 2.42. The van der Waals surface area contributed by atoms with Crippen LogP contribution >= 0.6 is 0 Å². The number of rotatable bonds is 11. The fourth-order valence-corrected chi connectivity index (χ4v) is 5.32. The first-order valence-corrected chi connectivity index (χ1v) is 13.0. The maximum Gasteiger partial charge on any atom is 0.146 e. The van der Waals surface area contributed by atoms with E-state index in [1.54, 1.807) is 12.4 Å². The van der Waals surface area contributed by atoms with Crippen LogP contribution in [0.5, 0.6) is 0 Å². The molecule has 3 heterocycles. The third-order valence-electron chi connectivity index (χ3n) is 7.31. The molecule has 0 radical (unpaired) electrons. The summed E-state index contributed by atoms with van der Waals surface area (Å²) in [6.45, 7) is 3.39. The third-order valence-corrected chi connectivity index (χ3v) is 7.31. The van der Waals surface area contributed by atoms with E-state index in [1.807, 2.05) is 29.0 Å². The molecule has 194 valence electrons. The Balaban J connectivity index is 1.17. The lowest BCUT2D eigenvalue weighted by Crippen LogP contribution is -2.34. The molecule has 1 aromatic carbocycles. The van der Waals surface area contributed by atoms with Gasteiger partial charge in [-0.2, -0.15) is 0 Å². The fraction of sp³-hybridized carbons (Fsp3) is 0.393. The summed E-state index contributed by atoms with van der Waals surface area (Å²) in [7, 11) is 0. The van der Waals surface area contributed by atoms with E-state index in [2.05, 4.69) is 49.9 Å². The van der Waals surface area contributed by atoms with Crippen LogP contribution in [0.3, 0.4) is 0 Å². The van der Waals surface area contributed by atoms with Gasteiger partial charge in [-0.3, -0.25) is 4.98 Å². The molecule has 1 aliphatic rings. The quantitative estimate of drug-likeness (QED) is 0.198. The molecular formula is C28H35N7O2. The number of pyridine rings is 1. The molecule has 6 N–H and O–H groups in total. The fourth-order valence-electron chi connectivity index (χ4n) is 5.32. The normalized spacial score (nSPS) is 21.6. The van der Waals surface area contributed by atoms with E-state index in [1.165, 1.54) is 11.9 Å². The monoisotopic (exact) mass is 501 g/mol. The number of nitrogens with one attached hydrogen (secondary N) is 2. The Morgan fingerprint density at radius 3 is 2.54 bits per heavy atom. The highest BCUT2D eigenvalue weighted by molar-refractivity contribution is 6.00. The van der Waals surface area contributed by atoms with Crippen molar-refractivity contribution in [2.45, 2.75) is 37.5 Å². The van der Waals surface area contributed by atoms with Crippen LogP contribution in [-0.4, -0.2) is 68.1 Å². The molecule has 4 aromatic rings. The number of aromatic nitrogens is 4. The summed E-state index contributed by atoms with van der Waals surface area (Å²) >= 11 is 0. The molecule has 3 aromatic heterocycles. The van der Waals surface area contributed by atoms with Crippen molar-refractivity contribution < 1.29 is 10.2 Å². The zero-order valence-electron chi connectivity index (χ0n) is 20.9. The zero-order chi connectivity index (χ0) is 25.6. The SMILES string of the molecule is Nc1ncnc2c1c(-c1ccncc1)cn2[C@@H]1C[C@H](CNCCCNCCc2ccccc2)[C@@H](O)[C@H]1O. The summed E-state index contributed by atoms with van der Waals surface area (Å²) in [6, 6.07) is 14.0. The van der Waals surface area contributed by atoms with Crippen molar-refractivity contribution in [3.05, 3.63) is 72.9 Å². The van der Waals surface area contributed by atoms with Gasteiger partial charge >= 0.3 is 0 Å². The van der Waals surface area contributed by atoms with Crippen molar-refractivity contribution in [1.82, 2.24) is 30.2 Å². The first-order valence-electron chi connectivity index (χ1n) is 13.0. The Bertz CT molecular complexity index is 1280. The number of aliphatic hydroxyl groups is 2. The Kier molecular flexibility index (Phi) is 8.05. The summed E-state index contributed by atoms with van der Waals surface area (Å²) in [6.07, 6.45) is 7.80. The van der Waals surface area contributed by atoms with Crippen molar-refractivity contribution in [3.63, 3.8) is 0 Å². The molecule has 0 unspecified atom stereocenters. The summed E-state index contributed by atoms with van der Waals surface area (Å²) in [5, 5.41) is 29.5. The first kappa shape index (κ1) is 25.3. The van der Waals surface area contributed by atoms with E-state index in [-0.39, 0.29) is 12.0 Å². The van der Waals surface area contributed by atoms with Gasteiger partial charge in [0.25, 0.3) is 0 Å². The Morgan fingerprint density at radius 1 is 0.946 bits per heavy atom. The van der Waals surface area contributed by atoms with Crippen LogP contribution < -0.4 is 16.4 Å². The molecule has 37 heavy (non-hydrogen) atoms. The van der Waals surface area contributed by atoms with E-state index in [4.69, 9.17) is 5.73 Å². The molecule has 9 heteroatoms. The predicted molar refractivity (Wildman–Crippen MR) is 145 cm³/mol. The van der Waals surface area contributed by atoms with Gasteiger partial charge in [-0.15, -0.1) is 0 Å². The number of hydrogen-bond donors (Lipinski definition) is 5. The minimum atomic E-state index is -0.900. The van der Waals surface area contributed by atoms with Crippen LogP contribution in [0.25, 0.3) is 22.2 Å². The maximum absolute atomic E-state index is 11.0. The molecule has 0 spiro atoms. The van der Waals surface area contributed by atoms with Gasteiger partial charge in [0.15, 0.2) is 0 Å². The second-order valence-electron chi connectivity index (χ2n) is 9.73. The highest BCUT2D eigenvalue weighted by atomic mass is 16.3. The van der Waals surface area contributed by atoms with Crippen LogP contribution in [-0.2, 0) is 6.42 Å². The summed E-state index contributed by atoms with van der Waals surface area (Å²) in [5.74, 6) is 0.325. The van der Waals surface area contributed by atoms with Gasteiger partial charge in [0.2, 0.25) is 0 Å². The third kappa shape index (κ3) is 5.65. The number of nitrogens with two attached hydrogens (primary N) is 1. The molecule has 5 rings (SSSR count). The van der Waals surface area contributed by atoms with Crippen molar-refractivity contribution >= 4 is 16.9 Å². The van der Waals surface area contributed by atoms with Crippen molar-refractivity contribution in [1.29, 1.82) is 0 Å². The summed E-state index contributed by atoms with van der Waals surface area (Å²) in [5.41, 5.74) is 10.1. The van der Waals surface area contributed by atoms with E-state index in [0.29, 0.717) is 24.4 Å². The number of nitrogen functional groups attached to an aromatic ring is 1. The van der Waals surface area contributed by atoms with Crippen molar-refractivity contribution in [2.75, 3.05) is 31.9 Å². The van der Waals surface area contributed by atoms with E-state index < -0.39 is 12.2 Å². The molecule has 1 saturated carbocycles. The molecule has 0 saturated heterocycles. The Labute approximate surface area is 216 Å². The minimum Gasteiger partial charge on any atom is -0.390 e. The van der Waals surface area contributed by atoms with E-state index in [9.17, 15) is 10.2 Å². The number of anilines is 1. The van der Waals surface area contributed by atoms with Gasteiger partial charge in [-0.25, -0.2) is 9.97 Å². The molecule has 9 nitrogen and oxygen atoms in total. The zero-order valence-corrected chi connectivity index (χ0v) is 20.9. The predicted octanol–water partition coefficient (Wildman–Crippen LogP) is 2.17. The maximum atomic E-state index is 11.0. The summed E-state index contributed by atoms with van der Waals surface area (Å²) < 4.78 is 1.95. The van der Waals surface area contributed by atoms with Gasteiger partial charge in [0.05, 0.1) is 17.5 Å². The molecule has 1 aliphatic carbocycles. The van der Waals surface area contributed by atoms with Crippen LogP contribution in [0, 0.1) is 5.92 Å². The molecule has 1 fully saturated rings. The number of hydrogen-bond acceptors (Lipinski definition) is 8. The van der Waals surface area contributed by atoms with Crippen LogP contribution in [0.4, 0.5) is 5.82 Å². The van der Waals surface area contributed by atoms with Crippen LogP contribution in [0.2, 0.25) is 0 Å². The van der Waals surface area contributed by atoms with Crippen LogP contribution in [0.15, 0.2) is 67.4 Å². The largest absolute Gasteiger partial charge is 0.390 e. The van der Waals surface area contributed by atoms with Gasteiger partial charge in [-0.05, 0) is 62.2 Å². The average Bonchev–Trinajstić information content (AvgIpc) is 3.45. The van der Waals surface area contributed by atoms with Gasteiger partial charge in [0.1, 0.15) is 23.9 Å². The highest BCUT2D eigenvalue weighted by Crippen LogP contribution is 2.40. The first-order chi connectivity index (χ1) is 18.1. The van der Waals surface area contributed by atoms with Gasteiger partial charge in [-0.1, -0.05) is 30.3 Å². The molecule has 0 bridgehead atoms. The van der Waals surface area contributed by atoms with E-state index >= 15 is 0 Å². The van der Waals surface area contributed by atoms with Gasteiger partial charge < -0.3 is 31.1 Å². The molecule has 0 amide bonds. The average molecular weight is 502 g/mol. The number of benzene rings is 1. The second kappa shape index (κ2) is 11.8. The van der Waals surface area contributed by atoms with Gasteiger partial charge in [0, 0.05) is 36.6 Å². The minimum absolute atomic E-state index is 0.0629. The molecule has 0 aliphatic heterocycles. The molecular weight excluding hydrogens is 466 g/mol. The lowest BCUT2D eigenvalue weighted by Gasteiger charge is -2.19. The standard InChI is InChI=1S/C28H35N7O2/c29-27-24-22(20-8-13-31-14-9-20)17-35(28(24)34-18-33-27)23-15-21(25(36)26(23)37)16-32-11-4-10-30-12-7-19-5-2-1-3-6-19/h1-3,5-6,8-9,13-14,17-18,21,23,25-26,30,32,36-37H,4,7,10-12,15-16H2,(H2,29,33,34)/t21-,23-,25-,26+/m1/s1. The van der Waals surface area contributed by atoms with Crippen molar-refractivity contribution in [2.24, 2.45) is 5.92 Å². The Hall–Kier alpha value is -3.37.